The highest BCUT2D eigenvalue weighted by Gasteiger charge is 2.41. The minimum Gasteiger partial charge on any atom is -0.338 e. The van der Waals surface area contributed by atoms with E-state index in [2.05, 4.69) is 4.98 Å². The Labute approximate surface area is 169 Å². The zero-order valence-corrected chi connectivity index (χ0v) is 16.7. The van der Waals surface area contributed by atoms with Crippen LogP contribution in [0.15, 0.2) is 36.5 Å². The van der Waals surface area contributed by atoms with Crippen LogP contribution in [0, 0.1) is 5.41 Å². The molecule has 3 heterocycles. The highest BCUT2D eigenvalue weighted by molar-refractivity contribution is 6.33. The zero-order valence-electron chi connectivity index (χ0n) is 16.0. The van der Waals surface area contributed by atoms with Gasteiger partial charge in [0.15, 0.2) is 5.65 Å². The van der Waals surface area contributed by atoms with E-state index in [1.54, 1.807) is 6.20 Å². The summed E-state index contributed by atoms with van der Waals surface area (Å²) in [5.74, 6) is 0.826. The number of nitrogens with zero attached hydrogens (tertiary/aromatic N) is 4. The van der Waals surface area contributed by atoms with Crippen molar-refractivity contribution in [3.63, 3.8) is 0 Å². The molecule has 0 unspecified atom stereocenters. The molecule has 2 aromatic heterocycles. The number of aromatic nitrogens is 3. The van der Waals surface area contributed by atoms with E-state index in [0.717, 1.165) is 42.1 Å². The molecule has 2 fully saturated rings. The lowest BCUT2D eigenvalue weighted by Gasteiger charge is -2.23. The second-order valence-electron chi connectivity index (χ2n) is 8.22. The number of pyridine rings is 1. The summed E-state index contributed by atoms with van der Waals surface area (Å²) in [5, 5.41) is 0.649. The summed E-state index contributed by atoms with van der Waals surface area (Å²) in [5.41, 5.74) is 3.32. The van der Waals surface area contributed by atoms with Gasteiger partial charge in [-0.2, -0.15) is 0 Å². The number of amides is 1. The third-order valence-electron chi connectivity index (χ3n) is 6.46. The van der Waals surface area contributed by atoms with Crippen LogP contribution in [0.5, 0.6) is 0 Å². The summed E-state index contributed by atoms with van der Waals surface area (Å²) in [6.07, 6.45) is 7.94. The van der Waals surface area contributed by atoms with Gasteiger partial charge in [0, 0.05) is 31.9 Å². The monoisotopic (exact) mass is 394 g/mol. The molecule has 5 rings (SSSR count). The number of hydrogen-bond acceptors (Lipinski definition) is 3. The minimum absolute atomic E-state index is 0.0723. The van der Waals surface area contributed by atoms with Crippen LogP contribution in [-0.4, -0.2) is 38.4 Å². The predicted molar refractivity (Wildman–Crippen MR) is 110 cm³/mol. The fourth-order valence-corrected chi connectivity index (χ4v) is 5.12. The SMILES string of the molecule is Cn1c(-c2ccccc2Cl)nc2cc(C(=O)N3CCC4(CCCC4)C3)cnc21. The number of carbonyl (C=O) groups is 1. The van der Waals surface area contributed by atoms with E-state index < -0.39 is 0 Å². The first-order chi connectivity index (χ1) is 13.6. The summed E-state index contributed by atoms with van der Waals surface area (Å²) in [6.45, 7) is 1.74. The average molecular weight is 395 g/mol. The van der Waals surface area contributed by atoms with Gasteiger partial charge in [0.25, 0.3) is 5.91 Å². The third kappa shape index (κ3) is 2.80. The Morgan fingerprint density at radius 3 is 2.75 bits per heavy atom. The molecule has 1 aliphatic heterocycles. The predicted octanol–water partition coefficient (Wildman–Crippen LogP) is 4.70. The molecular weight excluding hydrogens is 372 g/mol. The smallest absolute Gasteiger partial charge is 0.255 e. The van der Waals surface area contributed by atoms with Crippen LogP contribution in [-0.2, 0) is 7.05 Å². The molecular formula is C22H23ClN4O. The summed E-state index contributed by atoms with van der Waals surface area (Å²) in [4.78, 5) is 24.4. The van der Waals surface area contributed by atoms with Gasteiger partial charge in [-0.25, -0.2) is 9.97 Å². The van der Waals surface area contributed by atoms with E-state index in [9.17, 15) is 4.79 Å². The Morgan fingerprint density at radius 2 is 1.96 bits per heavy atom. The maximum absolute atomic E-state index is 13.1. The van der Waals surface area contributed by atoms with Crippen LogP contribution in [0.25, 0.3) is 22.6 Å². The molecule has 0 N–H and O–H groups in total. The van der Waals surface area contributed by atoms with Crippen LogP contribution < -0.4 is 0 Å². The Hall–Kier alpha value is -2.40. The maximum atomic E-state index is 13.1. The van der Waals surface area contributed by atoms with Gasteiger partial charge in [-0.3, -0.25) is 4.79 Å². The van der Waals surface area contributed by atoms with E-state index in [1.807, 2.05) is 46.8 Å². The molecule has 28 heavy (non-hydrogen) atoms. The minimum atomic E-state index is 0.0723. The van der Waals surface area contributed by atoms with Crippen molar-refractivity contribution < 1.29 is 4.79 Å². The van der Waals surface area contributed by atoms with Gasteiger partial charge in [-0.15, -0.1) is 0 Å². The van der Waals surface area contributed by atoms with E-state index in [-0.39, 0.29) is 5.91 Å². The van der Waals surface area contributed by atoms with Gasteiger partial charge in [0.2, 0.25) is 0 Å². The number of likely N-dealkylation sites (tertiary alicyclic amines) is 1. The number of carbonyl (C=O) groups excluding carboxylic acids is 1. The molecule has 1 aliphatic carbocycles. The second kappa shape index (κ2) is 6.59. The first-order valence-electron chi connectivity index (χ1n) is 9.93. The maximum Gasteiger partial charge on any atom is 0.255 e. The van der Waals surface area contributed by atoms with Crippen LogP contribution in [0.4, 0.5) is 0 Å². The first-order valence-corrected chi connectivity index (χ1v) is 10.3. The first kappa shape index (κ1) is 17.7. The van der Waals surface area contributed by atoms with Crippen molar-refractivity contribution in [2.75, 3.05) is 13.1 Å². The van der Waals surface area contributed by atoms with Crippen molar-refractivity contribution in [1.82, 2.24) is 19.4 Å². The lowest BCUT2D eigenvalue weighted by Crippen LogP contribution is -2.31. The van der Waals surface area contributed by atoms with Crippen LogP contribution >= 0.6 is 11.6 Å². The van der Waals surface area contributed by atoms with Crippen molar-refractivity contribution in [1.29, 1.82) is 0 Å². The molecule has 1 saturated heterocycles. The molecule has 1 saturated carbocycles. The van der Waals surface area contributed by atoms with Crippen molar-refractivity contribution in [2.45, 2.75) is 32.1 Å². The fraction of sp³-hybridized carbons (Fsp3) is 0.409. The molecule has 0 atom stereocenters. The number of fused-ring (bicyclic) bond motifs is 1. The lowest BCUT2D eigenvalue weighted by atomic mass is 9.86. The molecule has 3 aromatic rings. The fourth-order valence-electron chi connectivity index (χ4n) is 4.90. The van der Waals surface area contributed by atoms with Gasteiger partial charge in [-0.1, -0.05) is 36.6 Å². The van der Waals surface area contributed by atoms with Crippen LogP contribution in [0.1, 0.15) is 42.5 Å². The van der Waals surface area contributed by atoms with Crippen molar-refractivity contribution in [3.05, 3.63) is 47.1 Å². The largest absolute Gasteiger partial charge is 0.338 e. The molecule has 144 valence electrons. The Balaban J connectivity index is 1.47. The van der Waals surface area contributed by atoms with E-state index in [4.69, 9.17) is 16.6 Å². The number of halogens is 1. The van der Waals surface area contributed by atoms with Crippen molar-refractivity contribution in [3.8, 4) is 11.4 Å². The molecule has 1 amide bonds. The molecule has 0 radical (unpaired) electrons. The van der Waals surface area contributed by atoms with Crippen LogP contribution in [0.2, 0.25) is 5.02 Å². The Morgan fingerprint density at radius 1 is 1.18 bits per heavy atom. The van der Waals surface area contributed by atoms with Crippen LogP contribution in [0.3, 0.4) is 0 Å². The highest BCUT2D eigenvalue weighted by atomic mass is 35.5. The number of hydrogen-bond donors (Lipinski definition) is 0. The Bertz CT molecular complexity index is 1070. The number of benzene rings is 1. The number of rotatable bonds is 2. The summed E-state index contributed by atoms with van der Waals surface area (Å²) in [6, 6.07) is 9.50. The molecule has 2 aliphatic rings. The lowest BCUT2D eigenvalue weighted by molar-refractivity contribution is 0.0773. The quantitative estimate of drug-likeness (QED) is 0.633. The topological polar surface area (TPSA) is 51.0 Å². The standard InChI is InChI=1S/C22H23ClN4O/c1-26-19(16-6-2-3-7-17(16)23)25-18-12-15(13-24-20(18)26)21(28)27-11-10-22(14-27)8-4-5-9-22/h2-3,6-7,12-13H,4-5,8-11,14H2,1H3. The van der Waals surface area contributed by atoms with Gasteiger partial charge < -0.3 is 9.47 Å². The van der Waals surface area contributed by atoms with Gasteiger partial charge >= 0.3 is 0 Å². The molecule has 0 bridgehead atoms. The molecule has 5 nitrogen and oxygen atoms in total. The number of imidazole rings is 1. The average Bonchev–Trinajstić information content (AvgIpc) is 3.42. The summed E-state index contributed by atoms with van der Waals surface area (Å²) in [7, 11) is 1.92. The Kier molecular flexibility index (Phi) is 4.16. The summed E-state index contributed by atoms with van der Waals surface area (Å²) < 4.78 is 1.92. The zero-order chi connectivity index (χ0) is 19.3. The van der Waals surface area contributed by atoms with Crippen molar-refractivity contribution in [2.24, 2.45) is 12.5 Å². The second-order valence-corrected chi connectivity index (χ2v) is 8.63. The third-order valence-corrected chi connectivity index (χ3v) is 6.79. The summed E-state index contributed by atoms with van der Waals surface area (Å²) >= 11 is 6.35. The molecule has 6 heteroatoms. The van der Waals surface area contributed by atoms with E-state index in [0.29, 0.717) is 16.0 Å². The van der Waals surface area contributed by atoms with Gasteiger partial charge in [0.1, 0.15) is 11.3 Å². The number of aryl methyl sites for hydroxylation is 1. The van der Waals surface area contributed by atoms with Crippen molar-refractivity contribution >= 4 is 28.7 Å². The van der Waals surface area contributed by atoms with Gasteiger partial charge in [0.05, 0.1) is 10.6 Å². The van der Waals surface area contributed by atoms with E-state index >= 15 is 0 Å². The molecule has 1 spiro atoms. The normalized spacial score (nSPS) is 18.4. The highest BCUT2D eigenvalue weighted by Crippen LogP contribution is 2.45. The van der Waals surface area contributed by atoms with E-state index in [1.165, 1.54) is 25.7 Å². The van der Waals surface area contributed by atoms with Gasteiger partial charge in [-0.05, 0) is 42.9 Å². The molecule has 1 aromatic carbocycles.